The van der Waals surface area contributed by atoms with Gasteiger partial charge in [-0.25, -0.2) is 0 Å². The van der Waals surface area contributed by atoms with Crippen LogP contribution in [0.1, 0.15) is 25.7 Å². The highest BCUT2D eigenvalue weighted by molar-refractivity contribution is 8.00. The molecule has 20 heavy (non-hydrogen) atoms. The van der Waals surface area contributed by atoms with Crippen LogP contribution >= 0.6 is 23.4 Å². The quantitative estimate of drug-likeness (QED) is 0.821. The Bertz CT molecular complexity index is 455. The molecule has 0 radical (unpaired) electrons. The SMILES string of the molecule is O=C(CSc1ccccc1Cl)NC1CCCCC1CO. The highest BCUT2D eigenvalue weighted by Gasteiger charge is 2.25. The minimum atomic E-state index is 0.0141. The van der Waals surface area contributed by atoms with Crippen LogP contribution in [-0.2, 0) is 4.79 Å². The molecule has 0 saturated heterocycles. The molecule has 0 aliphatic heterocycles. The Morgan fingerprint density at radius 2 is 2.10 bits per heavy atom. The zero-order valence-corrected chi connectivity index (χ0v) is 12.9. The average Bonchev–Trinajstić information content (AvgIpc) is 2.47. The number of aliphatic hydroxyl groups is 1. The first-order valence-electron chi connectivity index (χ1n) is 6.98. The van der Waals surface area contributed by atoms with Crippen LogP contribution in [0.2, 0.25) is 5.02 Å². The number of thioether (sulfide) groups is 1. The van der Waals surface area contributed by atoms with Crippen LogP contribution in [0.3, 0.4) is 0 Å². The fourth-order valence-corrected chi connectivity index (χ4v) is 3.62. The van der Waals surface area contributed by atoms with Crippen molar-refractivity contribution in [2.45, 2.75) is 36.6 Å². The molecule has 2 rings (SSSR count). The molecule has 110 valence electrons. The minimum absolute atomic E-state index is 0.0141. The van der Waals surface area contributed by atoms with Gasteiger partial charge in [0.2, 0.25) is 5.91 Å². The number of aliphatic hydroxyl groups excluding tert-OH is 1. The van der Waals surface area contributed by atoms with Crippen LogP contribution < -0.4 is 5.32 Å². The van der Waals surface area contributed by atoms with E-state index in [1.807, 2.05) is 24.3 Å². The Balaban J connectivity index is 1.82. The lowest BCUT2D eigenvalue weighted by molar-refractivity contribution is -0.120. The molecule has 1 aliphatic carbocycles. The van der Waals surface area contributed by atoms with Crippen molar-refractivity contribution in [1.82, 2.24) is 5.32 Å². The second-order valence-electron chi connectivity index (χ2n) is 5.12. The van der Waals surface area contributed by atoms with Crippen LogP contribution in [0.4, 0.5) is 0 Å². The number of carbonyl (C=O) groups excluding carboxylic acids is 1. The normalized spacial score (nSPS) is 22.5. The van der Waals surface area contributed by atoms with E-state index in [2.05, 4.69) is 5.32 Å². The van der Waals surface area contributed by atoms with E-state index in [0.717, 1.165) is 30.6 Å². The predicted molar refractivity (Wildman–Crippen MR) is 83.2 cm³/mol. The van der Waals surface area contributed by atoms with Gasteiger partial charge < -0.3 is 10.4 Å². The molecule has 1 amide bonds. The van der Waals surface area contributed by atoms with Gasteiger partial charge in [0.05, 0.1) is 10.8 Å². The van der Waals surface area contributed by atoms with E-state index in [0.29, 0.717) is 10.8 Å². The highest BCUT2D eigenvalue weighted by atomic mass is 35.5. The summed E-state index contributed by atoms with van der Waals surface area (Å²) in [6.07, 6.45) is 4.23. The van der Waals surface area contributed by atoms with Gasteiger partial charge in [0.15, 0.2) is 0 Å². The third-order valence-electron chi connectivity index (χ3n) is 3.69. The summed E-state index contributed by atoms with van der Waals surface area (Å²) in [5, 5.41) is 13.1. The third kappa shape index (κ3) is 4.40. The number of amides is 1. The second-order valence-corrected chi connectivity index (χ2v) is 6.54. The molecule has 1 aromatic rings. The molecule has 0 heterocycles. The van der Waals surface area contributed by atoms with Crippen molar-refractivity contribution < 1.29 is 9.90 Å². The molecule has 1 fully saturated rings. The molecule has 3 nitrogen and oxygen atoms in total. The maximum absolute atomic E-state index is 12.0. The van der Waals surface area contributed by atoms with Crippen molar-refractivity contribution in [3.8, 4) is 0 Å². The third-order valence-corrected chi connectivity index (χ3v) is 5.20. The summed E-state index contributed by atoms with van der Waals surface area (Å²) in [5.74, 6) is 0.580. The fraction of sp³-hybridized carbons (Fsp3) is 0.533. The lowest BCUT2D eigenvalue weighted by Crippen LogP contribution is -2.44. The molecule has 1 aromatic carbocycles. The van der Waals surface area contributed by atoms with E-state index >= 15 is 0 Å². The Hall–Kier alpha value is -0.710. The number of hydrogen-bond acceptors (Lipinski definition) is 3. The number of rotatable bonds is 5. The first kappa shape index (κ1) is 15.7. The van der Waals surface area contributed by atoms with Gasteiger partial charge >= 0.3 is 0 Å². The van der Waals surface area contributed by atoms with Crippen LogP contribution in [0.5, 0.6) is 0 Å². The van der Waals surface area contributed by atoms with Crippen molar-refractivity contribution in [3.05, 3.63) is 29.3 Å². The first-order chi connectivity index (χ1) is 9.70. The van der Waals surface area contributed by atoms with Crippen LogP contribution in [0, 0.1) is 5.92 Å². The van der Waals surface area contributed by atoms with Crippen LogP contribution in [0.25, 0.3) is 0 Å². The standard InChI is InChI=1S/C15H20ClNO2S/c16-12-6-2-4-8-14(12)20-10-15(19)17-13-7-3-1-5-11(13)9-18/h2,4,6,8,11,13,18H,1,3,5,7,9-10H2,(H,17,19). The summed E-state index contributed by atoms with van der Waals surface area (Å²) in [6.45, 7) is 0.155. The highest BCUT2D eigenvalue weighted by Crippen LogP contribution is 2.27. The Morgan fingerprint density at radius 1 is 1.35 bits per heavy atom. The monoisotopic (exact) mass is 313 g/mol. The van der Waals surface area contributed by atoms with E-state index in [9.17, 15) is 9.90 Å². The molecule has 1 aliphatic rings. The van der Waals surface area contributed by atoms with Gasteiger partial charge in [0, 0.05) is 23.5 Å². The lowest BCUT2D eigenvalue weighted by Gasteiger charge is -2.30. The summed E-state index contributed by atoms with van der Waals surface area (Å²) >= 11 is 7.51. The zero-order chi connectivity index (χ0) is 14.4. The molecule has 0 aromatic heterocycles. The van der Waals surface area contributed by atoms with E-state index in [1.165, 1.54) is 11.8 Å². The van der Waals surface area contributed by atoms with E-state index in [-0.39, 0.29) is 24.5 Å². The van der Waals surface area contributed by atoms with E-state index < -0.39 is 0 Å². The maximum Gasteiger partial charge on any atom is 0.230 e. The topological polar surface area (TPSA) is 49.3 Å². The number of nitrogens with one attached hydrogen (secondary N) is 1. The lowest BCUT2D eigenvalue weighted by atomic mass is 9.85. The molecule has 2 atom stereocenters. The van der Waals surface area contributed by atoms with Gasteiger partial charge in [-0.15, -0.1) is 11.8 Å². The second kappa shape index (κ2) is 7.91. The van der Waals surface area contributed by atoms with Crippen molar-refractivity contribution in [3.63, 3.8) is 0 Å². The fourth-order valence-electron chi connectivity index (χ4n) is 2.57. The van der Waals surface area contributed by atoms with Gasteiger partial charge in [-0.2, -0.15) is 0 Å². The van der Waals surface area contributed by atoms with Crippen LogP contribution in [0.15, 0.2) is 29.2 Å². The van der Waals surface area contributed by atoms with E-state index in [1.54, 1.807) is 0 Å². The van der Waals surface area contributed by atoms with Gasteiger partial charge in [0.25, 0.3) is 0 Å². The van der Waals surface area contributed by atoms with Crippen molar-refractivity contribution in [2.24, 2.45) is 5.92 Å². The number of halogens is 1. The predicted octanol–water partition coefficient (Wildman–Crippen LogP) is 3.10. The molecular weight excluding hydrogens is 294 g/mol. The van der Waals surface area contributed by atoms with Crippen molar-refractivity contribution >= 4 is 29.3 Å². The molecule has 1 saturated carbocycles. The summed E-state index contributed by atoms with van der Waals surface area (Å²) < 4.78 is 0. The smallest absolute Gasteiger partial charge is 0.230 e. The zero-order valence-electron chi connectivity index (χ0n) is 11.3. The number of carbonyl (C=O) groups is 1. The Morgan fingerprint density at radius 3 is 2.85 bits per heavy atom. The van der Waals surface area contributed by atoms with Gasteiger partial charge in [-0.1, -0.05) is 36.6 Å². The average molecular weight is 314 g/mol. The maximum atomic E-state index is 12.0. The van der Waals surface area contributed by atoms with Gasteiger partial charge in [-0.3, -0.25) is 4.79 Å². The Labute approximate surface area is 129 Å². The largest absolute Gasteiger partial charge is 0.396 e. The minimum Gasteiger partial charge on any atom is -0.396 e. The van der Waals surface area contributed by atoms with Crippen molar-refractivity contribution in [2.75, 3.05) is 12.4 Å². The van der Waals surface area contributed by atoms with Crippen molar-refractivity contribution in [1.29, 1.82) is 0 Å². The summed E-state index contributed by atoms with van der Waals surface area (Å²) in [4.78, 5) is 12.9. The van der Waals surface area contributed by atoms with E-state index in [4.69, 9.17) is 11.6 Å². The van der Waals surface area contributed by atoms with Gasteiger partial charge in [-0.05, 0) is 25.0 Å². The molecule has 5 heteroatoms. The molecular formula is C15H20ClNO2S. The molecule has 2 unspecified atom stereocenters. The summed E-state index contributed by atoms with van der Waals surface area (Å²) in [5.41, 5.74) is 0. The summed E-state index contributed by atoms with van der Waals surface area (Å²) in [6, 6.07) is 7.64. The van der Waals surface area contributed by atoms with Crippen LogP contribution in [-0.4, -0.2) is 29.4 Å². The van der Waals surface area contributed by atoms with Gasteiger partial charge in [0.1, 0.15) is 0 Å². The number of benzene rings is 1. The first-order valence-corrected chi connectivity index (χ1v) is 8.34. The Kier molecular flexibility index (Phi) is 6.20. The number of hydrogen-bond donors (Lipinski definition) is 2. The molecule has 0 spiro atoms. The molecule has 2 N–H and O–H groups in total. The summed E-state index contributed by atoms with van der Waals surface area (Å²) in [7, 11) is 0. The molecule has 0 bridgehead atoms.